The molecular formula is C19H19N5OS. The highest BCUT2D eigenvalue weighted by Crippen LogP contribution is 2.19. The average molecular weight is 365 g/mol. The number of benzene rings is 2. The lowest BCUT2D eigenvalue weighted by Crippen LogP contribution is -2.13. The number of carbonyl (C=O) groups is 1. The van der Waals surface area contributed by atoms with Crippen LogP contribution in [-0.2, 0) is 4.79 Å². The van der Waals surface area contributed by atoms with E-state index < -0.39 is 0 Å². The van der Waals surface area contributed by atoms with Crippen LogP contribution in [0.25, 0.3) is 6.08 Å². The molecule has 0 saturated heterocycles. The number of aromatic nitrogens is 2. The number of hydrogen-bond donors (Lipinski definition) is 3. The summed E-state index contributed by atoms with van der Waals surface area (Å²) in [6.45, 7) is 1.45. The van der Waals surface area contributed by atoms with Crippen LogP contribution in [0.3, 0.4) is 0 Å². The van der Waals surface area contributed by atoms with Gasteiger partial charge in [0.05, 0.1) is 0 Å². The Hall–Kier alpha value is -3.19. The maximum Gasteiger partial charge on any atom is 0.250 e. The van der Waals surface area contributed by atoms with Crippen molar-refractivity contribution in [2.45, 2.75) is 0 Å². The van der Waals surface area contributed by atoms with E-state index in [4.69, 9.17) is 0 Å². The highest BCUT2D eigenvalue weighted by atomic mass is 32.1. The standard InChI is InChI=1S/C19H19N5OS/c25-17(12-11-15-7-3-1-4-8-15)22-19-24-23-18(26-19)21-14-13-20-16-9-5-2-6-10-16/h1-12,20H,13-14H2,(H,21,23)(H,22,24,25). The molecule has 2 aromatic carbocycles. The van der Waals surface area contributed by atoms with Crippen molar-refractivity contribution in [3.05, 3.63) is 72.3 Å². The molecule has 6 nitrogen and oxygen atoms in total. The fourth-order valence-electron chi connectivity index (χ4n) is 2.16. The average Bonchev–Trinajstić information content (AvgIpc) is 3.12. The minimum absolute atomic E-state index is 0.234. The second-order valence-electron chi connectivity index (χ2n) is 5.37. The molecular weight excluding hydrogens is 346 g/mol. The van der Waals surface area contributed by atoms with Crippen LogP contribution < -0.4 is 16.0 Å². The second-order valence-corrected chi connectivity index (χ2v) is 6.34. The summed E-state index contributed by atoms with van der Waals surface area (Å²) in [6, 6.07) is 19.6. The summed E-state index contributed by atoms with van der Waals surface area (Å²) in [5, 5.41) is 18.3. The molecule has 0 unspecified atom stereocenters. The van der Waals surface area contributed by atoms with E-state index in [1.54, 1.807) is 6.08 Å². The summed E-state index contributed by atoms with van der Waals surface area (Å²) in [5.74, 6) is -0.234. The number of carbonyl (C=O) groups excluding carboxylic acids is 1. The van der Waals surface area contributed by atoms with E-state index in [0.717, 1.165) is 17.8 Å². The van der Waals surface area contributed by atoms with E-state index in [0.29, 0.717) is 16.8 Å². The van der Waals surface area contributed by atoms with Crippen LogP contribution in [0.15, 0.2) is 66.7 Å². The molecule has 1 heterocycles. The first-order valence-corrected chi connectivity index (χ1v) is 9.02. The molecule has 3 N–H and O–H groups in total. The van der Waals surface area contributed by atoms with Gasteiger partial charge in [0, 0.05) is 24.9 Å². The Morgan fingerprint density at radius 3 is 2.31 bits per heavy atom. The molecule has 0 spiro atoms. The minimum Gasteiger partial charge on any atom is -0.383 e. The SMILES string of the molecule is O=C(C=Cc1ccccc1)Nc1nnc(NCCNc2ccccc2)s1. The smallest absolute Gasteiger partial charge is 0.250 e. The number of amides is 1. The van der Waals surface area contributed by atoms with E-state index in [1.807, 2.05) is 60.7 Å². The first-order chi connectivity index (χ1) is 12.8. The van der Waals surface area contributed by atoms with Gasteiger partial charge in [0.2, 0.25) is 16.2 Å². The van der Waals surface area contributed by atoms with Crippen molar-refractivity contribution in [2.75, 3.05) is 29.0 Å². The molecule has 132 valence electrons. The number of hydrogen-bond acceptors (Lipinski definition) is 6. The van der Waals surface area contributed by atoms with Gasteiger partial charge in [0.25, 0.3) is 0 Å². The number of anilines is 3. The Balaban J connectivity index is 1.41. The van der Waals surface area contributed by atoms with E-state index in [1.165, 1.54) is 17.4 Å². The minimum atomic E-state index is -0.234. The summed E-state index contributed by atoms with van der Waals surface area (Å²) < 4.78 is 0. The predicted octanol–water partition coefficient (Wildman–Crippen LogP) is 3.71. The third-order valence-electron chi connectivity index (χ3n) is 3.39. The largest absolute Gasteiger partial charge is 0.383 e. The molecule has 3 rings (SSSR count). The Labute approximate surface area is 156 Å². The third kappa shape index (κ3) is 5.71. The predicted molar refractivity (Wildman–Crippen MR) is 107 cm³/mol. The topological polar surface area (TPSA) is 78.9 Å². The van der Waals surface area contributed by atoms with Gasteiger partial charge in [-0.2, -0.15) is 0 Å². The molecule has 1 amide bonds. The molecule has 0 aliphatic rings. The van der Waals surface area contributed by atoms with Crippen LogP contribution in [-0.4, -0.2) is 29.2 Å². The Morgan fingerprint density at radius 1 is 0.885 bits per heavy atom. The van der Waals surface area contributed by atoms with E-state index in [-0.39, 0.29) is 5.91 Å². The normalized spacial score (nSPS) is 10.6. The molecule has 26 heavy (non-hydrogen) atoms. The monoisotopic (exact) mass is 365 g/mol. The number of nitrogens with one attached hydrogen (secondary N) is 3. The lowest BCUT2D eigenvalue weighted by Gasteiger charge is -2.05. The van der Waals surface area contributed by atoms with Crippen LogP contribution in [0, 0.1) is 0 Å². The summed E-state index contributed by atoms with van der Waals surface area (Å²) >= 11 is 1.30. The zero-order valence-corrected chi connectivity index (χ0v) is 14.9. The van der Waals surface area contributed by atoms with Crippen molar-refractivity contribution >= 4 is 39.3 Å². The van der Waals surface area contributed by atoms with Gasteiger partial charge in [0.15, 0.2) is 0 Å². The van der Waals surface area contributed by atoms with Gasteiger partial charge in [-0.15, -0.1) is 10.2 Å². The molecule has 1 aromatic heterocycles. The molecule has 0 aliphatic carbocycles. The highest BCUT2D eigenvalue weighted by molar-refractivity contribution is 7.19. The molecule has 3 aromatic rings. The highest BCUT2D eigenvalue weighted by Gasteiger charge is 2.05. The van der Waals surface area contributed by atoms with Crippen molar-refractivity contribution in [3.63, 3.8) is 0 Å². The maximum absolute atomic E-state index is 11.9. The van der Waals surface area contributed by atoms with E-state index in [9.17, 15) is 4.79 Å². The van der Waals surface area contributed by atoms with Gasteiger partial charge >= 0.3 is 0 Å². The molecule has 0 aliphatic heterocycles. The fourth-order valence-corrected chi connectivity index (χ4v) is 2.83. The lowest BCUT2D eigenvalue weighted by atomic mass is 10.2. The fraction of sp³-hybridized carbons (Fsp3) is 0.105. The maximum atomic E-state index is 11.9. The first kappa shape index (κ1) is 17.6. The Kier molecular flexibility index (Phi) is 6.33. The molecule has 7 heteroatoms. The molecule has 0 bridgehead atoms. The van der Waals surface area contributed by atoms with Gasteiger partial charge in [0.1, 0.15) is 0 Å². The van der Waals surface area contributed by atoms with Crippen molar-refractivity contribution in [1.82, 2.24) is 10.2 Å². The van der Waals surface area contributed by atoms with E-state index >= 15 is 0 Å². The Morgan fingerprint density at radius 2 is 1.54 bits per heavy atom. The number of para-hydroxylation sites is 1. The summed E-state index contributed by atoms with van der Waals surface area (Å²) in [4.78, 5) is 11.9. The molecule has 0 fully saturated rings. The summed E-state index contributed by atoms with van der Waals surface area (Å²) in [7, 11) is 0. The number of nitrogens with zero attached hydrogens (tertiary/aromatic N) is 2. The lowest BCUT2D eigenvalue weighted by molar-refractivity contribution is -0.111. The quantitative estimate of drug-likeness (QED) is 0.419. The van der Waals surface area contributed by atoms with E-state index in [2.05, 4.69) is 26.1 Å². The van der Waals surface area contributed by atoms with Crippen molar-refractivity contribution in [1.29, 1.82) is 0 Å². The summed E-state index contributed by atoms with van der Waals surface area (Å²) in [6.07, 6.45) is 3.23. The van der Waals surface area contributed by atoms with Gasteiger partial charge in [-0.1, -0.05) is 59.9 Å². The molecule has 0 atom stereocenters. The van der Waals surface area contributed by atoms with Crippen LogP contribution in [0.2, 0.25) is 0 Å². The number of rotatable bonds is 8. The van der Waals surface area contributed by atoms with Crippen molar-refractivity contribution < 1.29 is 4.79 Å². The van der Waals surface area contributed by atoms with Gasteiger partial charge in [-0.3, -0.25) is 10.1 Å². The Bertz CT molecular complexity index is 849. The zero-order chi connectivity index (χ0) is 18.0. The van der Waals surface area contributed by atoms with Crippen LogP contribution in [0.5, 0.6) is 0 Å². The van der Waals surface area contributed by atoms with Crippen molar-refractivity contribution in [3.8, 4) is 0 Å². The molecule has 0 saturated carbocycles. The van der Waals surface area contributed by atoms with Gasteiger partial charge in [-0.25, -0.2) is 0 Å². The molecule has 0 radical (unpaired) electrons. The van der Waals surface area contributed by atoms with Crippen LogP contribution in [0.1, 0.15) is 5.56 Å². The second kappa shape index (κ2) is 9.33. The van der Waals surface area contributed by atoms with Crippen LogP contribution >= 0.6 is 11.3 Å². The first-order valence-electron chi connectivity index (χ1n) is 8.20. The van der Waals surface area contributed by atoms with Crippen LogP contribution in [0.4, 0.5) is 16.0 Å². The third-order valence-corrected chi connectivity index (χ3v) is 4.18. The summed E-state index contributed by atoms with van der Waals surface area (Å²) in [5.41, 5.74) is 2.04. The zero-order valence-electron chi connectivity index (χ0n) is 14.1. The van der Waals surface area contributed by atoms with Gasteiger partial charge in [-0.05, 0) is 23.8 Å². The van der Waals surface area contributed by atoms with Gasteiger partial charge < -0.3 is 10.6 Å². The van der Waals surface area contributed by atoms with Crippen molar-refractivity contribution in [2.24, 2.45) is 0 Å².